The summed E-state index contributed by atoms with van der Waals surface area (Å²) >= 11 is 1.36. The number of fused-ring (bicyclic) bond motifs is 3. The van der Waals surface area contributed by atoms with Gasteiger partial charge in [0, 0.05) is 45.3 Å². The van der Waals surface area contributed by atoms with E-state index in [1.54, 1.807) is 7.11 Å². The second-order valence-corrected chi connectivity index (χ2v) is 12.4. The van der Waals surface area contributed by atoms with Gasteiger partial charge < -0.3 is 14.6 Å². The maximum atomic E-state index is 13.2. The molecule has 8 heteroatoms. The second-order valence-electron chi connectivity index (χ2n) is 11.5. The molecule has 0 saturated carbocycles. The number of anilines is 1. The molecule has 0 radical (unpaired) electrons. The van der Waals surface area contributed by atoms with Crippen LogP contribution >= 0.6 is 11.8 Å². The number of benzene rings is 4. The van der Waals surface area contributed by atoms with E-state index >= 15 is 0 Å². The summed E-state index contributed by atoms with van der Waals surface area (Å²) in [7, 11) is 1.65. The fraction of sp³-hybridized carbons (Fsp3) is 0.229. The Kier molecular flexibility index (Phi) is 7.71. The number of hydrogen-bond acceptors (Lipinski definition) is 5. The zero-order chi connectivity index (χ0) is 30.1. The molecule has 0 fully saturated rings. The molecular formula is C35H35N5O2S. The maximum Gasteiger partial charge on any atom is 0.234 e. The Morgan fingerprint density at radius 1 is 0.884 bits per heavy atom. The number of methoxy groups -OCH3 is 1. The maximum absolute atomic E-state index is 13.2. The van der Waals surface area contributed by atoms with Gasteiger partial charge in [0.15, 0.2) is 11.0 Å². The summed E-state index contributed by atoms with van der Waals surface area (Å²) in [6.45, 7) is 9.62. The van der Waals surface area contributed by atoms with Crippen molar-refractivity contribution in [1.29, 1.82) is 0 Å². The van der Waals surface area contributed by atoms with Crippen molar-refractivity contribution in [1.82, 2.24) is 19.3 Å². The molecule has 0 aliphatic heterocycles. The lowest BCUT2D eigenvalue weighted by Gasteiger charge is -2.19. The van der Waals surface area contributed by atoms with Crippen LogP contribution in [0.15, 0.2) is 96.2 Å². The topological polar surface area (TPSA) is 74.0 Å². The Morgan fingerprint density at radius 2 is 1.60 bits per heavy atom. The van der Waals surface area contributed by atoms with E-state index in [1.165, 1.54) is 28.2 Å². The minimum absolute atomic E-state index is 0.0498. The molecule has 2 heterocycles. The smallest absolute Gasteiger partial charge is 0.234 e. The number of aryl methyl sites for hydroxylation is 1. The molecule has 1 amide bonds. The molecule has 0 spiro atoms. The summed E-state index contributed by atoms with van der Waals surface area (Å²) in [6.07, 6.45) is 0. The van der Waals surface area contributed by atoms with Crippen LogP contribution in [0.2, 0.25) is 0 Å². The Labute approximate surface area is 255 Å². The van der Waals surface area contributed by atoms with Crippen molar-refractivity contribution in [2.75, 3.05) is 18.2 Å². The molecule has 43 heavy (non-hydrogen) atoms. The third-order valence-corrected chi connectivity index (χ3v) is 8.61. The third-order valence-electron chi connectivity index (χ3n) is 7.68. The second kappa shape index (κ2) is 11.6. The van der Waals surface area contributed by atoms with Gasteiger partial charge in [-0.2, -0.15) is 0 Å². The number of amides is 1. The molecule has 0 aliphatic carbocycles. The molecule has 7 nitrogen and oxygen atoms in total. The predicted molar refractivity (Wildman–Crippen MR) is 177 cm³/mol. The van der Waals surface area contributed by atoms with Gasteiger partial charge in [0.2, 0.25) is 5.91 Å². The number of ether oxygens (including phenoxy) is 1. The quantitative estimate of drug-likeness (QED) is 0.182. The van der Waals surface area contributed by atoms with Crippen LogP contribution in [0.1, 0.15) is 33.3 Å². The molecular weight excluding hydrogens is 554 g/mol. The highest BCUT2D eigenvalue weighted by Crippen LogP contribution is 2.33. The minimum atomic E-state index is -0.107. The number of hydrogen-bond donors (Lipinski definition) is 1. The third kappa shape index (κ3) is 5.62. The number of carbonyl (C=O) groups is 1. The Balaban J connectivity index is 1.26. The first-order valence-electron chi connectivity index (χ1n) is 14.4. The fourth-order valence-electron chi connectivity index (χ4n) is 5.43. The molecule has 0 bridgehead atoms. The first-order chi connectivity index (χ1) is 20.8. The summed E-state index contributed by atoms with van der Waals surface area (Å²) in [5, 5.41) is 15.1. The lowest BCUT2D eigenvalue weighted by Crippen LogP contribution is -2.14. The molecule has 6 rings (SSSR count). The number of nitrogens with zero attached hydrogens (tertiary/aromatic N) is 4. The highest BCUT2D eigenvalue weighted by Gasteiger charge is 2.20. The van der Waals surface area contributed by atoms with E-state index in [1.807, 2.05) is 34.9 Å². The molecule has 6 aromatic rings. The van der Waals surface area contributed by atoms with E-state index < -0.39 is 0 Å². The van der Waals surface area contributed by atoms with E-state index in [0.717, 1.165) is 40.1 Å². The first kappa shape index (κ1) is 28.6. The largest absolute Gasteiger partial charge is 0.497 e. The number of rotatable bonds is 8. The van der Waals surface area contributed by atoms with Crippen LogP contribution in [0.25, 0.3) is 38.9 Å². The zero-order valence-electron chi connectivity index (χ0n) is 25.1. The van der Waals surface area contributed by atoms with Gasteiger partial charge in [0.1, 0.15) is 5.75 Å². The van der Waals surface area contributed by atoms with Gasteiger partial charge in [-0.05, 0) is 66.4 Å². The zero-order valence-corrected chi connectivity index (χ0v) is 25.9. The average molecular weight is 590 g/mol. The van der Waals surface area contributed by atoms with Crippen molar-refractivity contribution in [3.8, 4) is 22.8 Å². The van der Waals surface area contributed by atoms with Gasteiger partial charge in [-0.3, -0.25) is 9.36 Å². The summed E-state index contributed by atoms with van der Waals surface area (Å²) in [5.41, 5.74) is 6.26. The van der Waals surface area contributed by atoms with Gasteiger partial charge in [0.25, 0.3) is 0 Å². The lowest BCUT2D eigenvalue weighted by atomic mass is 9.87. The van der Waals surface area contributed by atoms with Crippen molar-refractivity contribution < 1.29 is 9.53 Å². The molecule has 4 aromatic carbocycles. The van der Waals surface area contributed by atoms with Gasteiger partial charge in [-0.25, -0.2) is 0 Å². The first-order valence-corrected chi connectivity index (χ1v) is 15.4. The van der Waals surface area contributed by atoms with Crippen molar-refractivity contribution in [3.63, 3.8) is 0 Å². The van der Waals surface area contributed by atoms with Crippen LogP contribution in [0.5, 0.6) is 5.75 Å². The van der Waals surface area contributed by atoms with Crippen LogP contribution in [-0.4, -0.2) is 38.1 Å². The van der Waals surface area contributed by atoms with Crippen LogP contribution in [0.3, 0.4) is 0 Å². The number of para-hydroxylation sites is 1. The normalized spacial score (nSPS) is 11.7. The number of carbonyl (C=O) groups excluding carboxylic acids is 1. The van der Waals surface area contributed by atoms with Crippen LogP contribution in [-0.2, 0) is 16.8 Å². The van der Waals surface area contributed by atoms with Crippen LogP contribution in [0, 0.1) is 0 Å². The molecule has 0 saturated heterocycles. The number of nitrogens with one attached hydrogen (secondary N) is 1. The van der Waals surface area contributed by atoms with E-state index in [-0.39, 0.29) is 17.1 Å². The van der Waals surface area contributed by atoms with E-state index in [0.29, 0.717) is 11.0 Å². The molecule has 0 unspecified atom stereocenters. The summed E-state index contributed by atoms with van der Waals surface area (Å²) in [4.78, 5) is 13.2. The summed E-state index contributed by atoms with van der Waals surface area (Å²) in [6, 6.07) is 30.7. The highest BCUT2D eigenvalue weighted by atomic mass is 32.2. The van der Waals surface area contributed by atoms with E-state index in [4.69, 9.17) is 4.74 Å². The van der Waals surface area contributed by atoms with Gasteiger partial charge in [-0.1, -0.05) is 75.0 Å². The number of thioether (sulfide) groups is 1. The molecule has 0 atom stereocenters. The minimum Gasteiger partial charge on any atom is -0.497 e. The average Bonchev–Trinajstić information content (AvgIpc) is 3.58. The Bertz CT molecular complexity index is 1920. The van der Waals surface area contributed by atoms with Crippen LogP contribution in [0.4, 0.5) is 5.69 Å². The van der Waals surface area contributed by atoms with Crippen molar-refractivity contribution in [2.24, 2.45) is 0 Å². The van der Waals surface area contributed by atoms with Crippen LogP contribution < -0.4 is 10.1 Å². The molecule has 2 aromatic heterocycles. The molecule has 1 N–H and O–H groups in total. The summed E-state index contributed by atoms with van der Waals surface area (Å²) in [5.74, 6) is 1.56. The van der Waals surface area contributed by atoms with Crippen molar-refractivity contribution >= 4 is 45.2 Å². The molecule has 0 aliphatic rings. The highest BCUT2D eigenvalue weighted by molar-refractivity contribution is 7.99. The number of aromatic nitrogens is 4. The molecule has 218 valence electrons. The van der Waals surface area contributed by atoms with Gasteiger partial charge in [-0.15, -0.1) is 10.2 Å². The summed E-state index contributed by atoms with van der Waals surface area (Å²) < 4.78 is 9.66. The Hall–Kier alpha value is -4.56. The van der Waals surface area contributed by atoms with Crippen molar-refractivity contribution in [2.45, 2.75) is 44.8 Å². The van der Waals surface area contributed by atoms with Crippen molar-refractivity contribution in [3.05, 3.63) is 96.6 Å². The standard InChI is InChI=1S/C35H35N5O2S/c1-6-39-30-10-8-7-9-28(30)29-21-25(15-20-31(29)39)36-32(41)22-43-34-38-37-33(23-11-13-24(14-12-23)35(2,3)4)40(34)26-16-18-27(42-5)19-17-26/h7-21H,6,22H2,1-5H3,(H,36,41). The van der Waals surface area contributed by atoms with E-state index in [2.05, 4.69) is 108 Å². The monoisotopic (exact) mass is 589 g/mol. The lowest BCUT2D eigenvalue weighted by molar-refractivity contribution is -0.113. The predicted octanol–water partition coefficient (Wildman–Crippen LogP) is 8.10. The van der Waals surface area contributed by atoms with E-state index in [9.17, 15) is 4.79 Å². The SMILES string of the molecule is CCn1c2ccccc2c2cc(NC(=O)CSc3nnc(-c4ccc(C(C)(C)C)cc4)n3-c3ccc(OC)cc3)ccc21. The van der Waals surface area contributed by atoms with Gasteiger partial charge >= 0.3 is 0 Å². The fourth-order valence-corrected chi connectivity index (χ4v) is 6.18. The Morgan fingerprint density at radius 3 is 2.30 bits per heavy atom. The van der Waals surface area contributed by atoms with Gasteiger partial charge in [0.05, 0.1) is 12.9 Å².